The largest absolute Gasteiger partial charge is 0.496 e. The van der Waals surface area contributed by atoms with E-state index in [1.54, 1.807) is 18.2 Å². The molecule has 198 valence electrons. The molecule has 0 radical (unpaired) electrons. The number of amides is 2. The monoisotopic (exact) mass is 538 g/mol. The van der Waals surface area contributed by atoms with Gasteiger partial charge in [0.05, 0.1) is 36.6 Å². The number of likely N-dealkylation sites (tertiary alicyclic amines) is 1. The highest BCUT2D eigenvalue weighted by molar-refractivity contribution is 6.41. The molecule has 0 bridgehead atoms. The lowest BCUT2D eigenvalue weighted by molar-refractivity contribution is -0.113. The Morgan fingerprint density at radius 2 is 2.03 bits per heavy atom. The summed E-state index contributed by atoms with van der Waals surface area (Å²) in [7, 11) is 1.58. The van der Waals surface area contributed by atoms with Crippen LogP contribution in [0.3, 0.4) is 0 Å². The fourth-order valence-corrected chi connectivity index (χ4v) is 5.04. The van der Waals surface area contributed by atoms with Crippen LogP contribution in [0.5, 0.6) is 5.75 Å². The second kappa shape index (κ2) is 10.0. The van der Waals surface area contributed by atoms with Gasteiger partial charge in [0.25, 0.3) is 11.8 Å². The Balaban J connectivity index is 1.48. The van der Waals surface area contributed by atoms with E-state index in [1.165, 1.54) is 17.2 Å². The summed E-state index contributed by atoms with van der Waals surface area (Å²) in [5.74, 6) is 0.527. The van der Waals surface area contributed by atoms with E-state index in [4.69, 9.17) is 22.1 Å². The maximum absolute atomic E-state index is 13.7. The summed E-state index contributed by atoms with van der Waals surface area (Å²) in [6.45, 7) is 4.77. The van der Waals surface area contributed by atoms with Gasteiger partial charge in [0.15, 0.2) is 5.82 Å². The number of nitrogens with zero attached hydrogens (tertiary/aromatic N) is 6. The van der Waals surface area contributed by atoms with Crippen LogP contribution in [0.15, 0.2) is 12.4 Å². The van der Waals surface area contributed by atoms with Crippen molar-refractivity contribution in [3.63, 3.8) is 0 Å². The number of nitrogen functional groups attached to an aromatic ring is 1. The van der Waals surface area contributed by atoms with Gasteiger partial charge < -0.3 is 25.5 Å². The highest BCUT2D eigenvalue weighted by atomic mass is 35.5. The number of halogens is 1. The number of aromatic nitrogens is 5. The van der Waals surface area contributed by atoms with Gasteiger partial charge >= 0.3 is 0 Å². The van der Waals surface area contributed by atoms with Gasteiger partial charge in [-0.2, -0.15) is 4.98 Å². The van der Waals surface area contributed by atoms with Crippen molar-refractivity contribution in [2.45, 2.75) is 39.3 Å². The molecule has 0 aromatic carbocycles. The second-order valence-electron chi connectivity index (χ2n) is 9.26. The first-order valence-electron chi connectivity index (χ1n) is 12.1. The van der Waals surface area contributed by atoms with E-state index < -0.39 is 12.0 Å². The Hall–Kier alpha value is -4.03. The van der Waals surface area contributed by atoms with Crippen molar-refractivity contribution in [2.24, 2.45) is 0 Å². The maximum Gasteiger partial charge on any atom is 0.274 e. The molecule has 2 aliphatic heterocycles. The first-order chi connectivity index (χ1) is 18.2. The number of aliphatic hydroxyl groups excluding tert-OH is 1. The highest BCUT2D eigenvalue weighted by Crippen LogP contribution is 2.41. The van der Waals surface area contributed by atoms with Crippen molar-refractivity contribution in [3.05, 3.63) is 51.4 Å². The summed E-state index contributed by atoms with van der Waals surface area (Å²) in [6, 6.07) is 0. The zero-order chi connectivity index (χ0) is 27.1. The Morgan fingerprint density at radius 1 is 1.29 bits per heavy atom. The number of piperidine rings is 1. The van der Waals surface area contributed by atoms with Crippen LogP contribution in [0.4, 0.5) is 11.8 Å². The molecule has 0 atom stereocenters. The predicted molar refractivity (Wildman–Crippen MR) is 141 cm³/mol. The molecule has 5 heterocycles. The SMILES string of the molecule is COc1c(C)cnc(CN2C(=O)/C(=C/c3nc(C(=O)N4CCC(O)CC4)c[nH]3)c3c(Cl)nc(N)nc32)c1C. The number of ether oxygens (including phenoxy) is 1. The number of nitrogens with one attached hydrogen (secondary N) is 1. The van der Waals surface area contributed by atoms with Gasteiger partial charge in [-0.15, -0.1) is 0 Å². The number of imidazole rings is 1. The summed E-state index contributed by atoms with van der Waals surface area (Å²) >= 11 is 6.44. The van der Waals surface area contributed by atoms with E-state index >= 15 is 0 Å². The molecule has 0 unspecified atom stereocenters. The smallest absolute Gasteiger partial charge is 0.274 e. The first kappa shape index (κ1) is 25.6. The number of carbonyl (C=O) groups is 2. The Labute approximate surface area is 223 Å². The van der Waals surface area contributed by atoms with E-state index in [0.717, 1.165) is 11.1 Å². The molecule has 4 N–H and O–H groups in total. The molecule has 1 fully saturated rings. The Bertz CT molecular complexity index is 1460. The molecule has 38 heavy (non-hydrogen) atoms. The van der Waals surface area contributed by atoms with E-state index in [0.29, 0.717) is 48.8 Å². The first-order valence-corrected chi connectivity index (χ1v) is 12.4. The molecule has 5 rings (SSSR count). The summed E-state index contributed by atoms with van der Waals surface area (Å²) in [5.41, 5.74) is 8.90. The molecule has 1 saturated heterocycles. The fourth-order valence-electron chi connectivity index (χ4n) is 4.76. The predicted octanol–water partition coefficient (Wildman–Crippen LogP) is 2.14. The third-order valence-corrected chi connectivity index (χ3v) is 7.04. The number of anilines is 2. The third kappa shape index (κ3) is 4.56. The molecule has 3 aromatic rings. The summed E-state index contributed by atoms with van der Waals surface area (Å²) in [6.07, 6.45) is 5.35. The van der Waals surface area contributed by atoms with Crippen LogP contribution in [0.1, 0.15) is 51.5 Å². The number of aromatic amines is 1. The fraction of sp³-hybridized carbons (Fsp3) is 0.360. The van der Waals surface area contributed by atoms with E-state index in [9.17, 15) is 14.7 Å². The third-order valence-electron chi connectivity index (χ3n) is 6.77. The minimum atomic E-state index is -0.393. The van der Waals surface area contributed by atoms with Crippen LogP contribution in [-0.2, 0) is 11.3 Å². The van der Waals surface area contributed by atoms with Crippen molar-refractivity contribution in [3.8, 4) is 5.75 Å². The number of nitrogens with two attached hydrogens (primary N) is 1. The van der Waals surface area contributed by atoms with Crippen molar-refractivity contribution in [1.82, 2.24) is 29.8 Å². The average molecular weight is 539 g/mol. The number of carbonyl (C=O) groups excluding carboxylic acids is 2. The van der Waals surface area contributed by atoms with Crippen molar-refractivity contribution < 1.29 is 19.4 Å². The number of aryl methyl sites for hydroxylation is 1. The molecule has 0 spiro atoms. The van der Waals surface area contributed by atoms with Crippen molar-refractivity contribution >= 4 is 46.8 Å². The lowest BCUT2D eigenvalue weighted by Crippen LogP contribution is -2.40. The van der Waals surface area contributed by atoms with Crippen LogP contribution in [-0.4, -0.2) is 73.0 Å². The van der Waals surface area contributed by atoms with Gasteiger partial charge in [0, 0.05) is 36.6 Å². The molecule has 2 amide bonds. The lowest BCUT2D eigenvalue weighted by Gasteiger charge is -2.28. The van der Waals surface area contributed by atoms with Crippen molar-refractivity contribution in [1.29, 1.82) is 0 Å². The number of hydrogen-bond acceptors (Lipinski definition) is 9. The van der Waals surface area contributed by atoms with Crippen LogP contribution < -0.4 is 15.4 Å². The van der Waals surface area contributed by atoms with Crippen molar-refractivity contribution in [2.75, 3.05) is 30.8 Å². The van der Waals surface area contributed by atoms with Crippen LogP contribution >= 0.6 is 11.6 Å². The second-order valence-corrected chi connectivity index (χ2v) is 9.62. The lowest BCUT2D eigenvalue weighted by atomic mass is 10.1. The van der Waals surface area contributed by atoms with Crippen LogP contribution in [0.25, 0.3) is 11.6 Å². The maximum atomic E-state index is 13.7. The zero-order valence-electron chi connectivity index (χ0n) is 21.2. The van der Waals surface area contributed by atoms with Gasteiger partial charge in [-0.3, -0.25) is 19.5 Å². The van der Waals surface area contributed by atoms with Crippen LogP contribution in [0.2, 0.25) is 5.15 Å². The minimum absolute atomic E-state index is 0.0236. The van der Waals surface area contributed by atoms with E-state index in [2.05, 4.69) is 24.9 Å². The van der Waals surface area contributed by atoms with Gasteiger partial charge in [-0.05, 0) is 32.8 Å². The molecular weight excluding hydrogens is 512 g/mol. The van der Waals surface area contributed by atoms with Gasteiger partial charge in [0.2, 0.25) is 5.95 Å². The minimum Gasteiger partial charge on any atom is -0.496 e. The Morgan fingerprint density at radius 3 is 2.74 bits per heavy atom. The molecule has 3 aromatic heterocycles. The number of hydrogen-bond donors (Lipinski definition) is 3. The Kier molecular flexibility index (Phi) is 6.76. The molecule has 0 saturated carbocycles. The topological polar surface area (TPSA) is 163 Å². The summed E-state index contributed by atoms with van der Waals surface area (Å²) in [4.78, 5) is 49.8. The molecule has 13 heteroatoms. The quantitative estimate of drug-likeness (QED) is 0.326. The number of H-pyrrole nitrogens is 1. The zero-order valence-corrected chi connectivity index (χ0v) is 21.9. The number of fused-ring (bicyclic) bond motifs is 1. The van der Waals surface area contributed by atoms with E-state index in [-0.39, 0.29) is 40.6 Å². The number of pyridine rings is 1. The van der Waals surface area contributed by atoms with Gasteiger partial charge in [-0.1, -0.05) is 11.6 Å². The van der Waals surface area contributed by atoms with Crippen LogP contribution in [0, 0.1) is 13.8 Å². The molecule has 0 aliphatic carbocycles. The summed E-state index contributed by atoms with van der Waals surface area (Å²) in [5, 5.41) is 9.74. The summed E-state index contributed by atoms with van der Waals surface area (Å²) < 4.78 is 5.51. The average Bonchev–Trinajstić information content (AvgIpc) is 3.45. The number of aliphatic hydroxyl groups is 1. The molecular formula is C25H27ClN8O4. The standard InChI is InChI=1S/C25H27ClN8O4/c1-12-9-28-17(13(2)20(12)38-3)11-34-22-19(21(26)31-25(27)32-22)15(23(34)36)8-18-29-10-16(30-18)24(37)33-6-4-14(35)5-7-33/h8-10,14,35H,4-7,11H2,1-3H3,(H,29,30)(H2,27,31,32)/b15-8+. The molecule has 12 nitrogen and oxygen atoms in total. The normalized spacial score (nSPS) is 16.9. The van der Waals surface area contributed by atoms with Gasteiger partial charge in [0.1, 0.15) is 22.4 Å². The number of methoxy groups -OCH3 is 1. The molecule has 2 aliphatic rings. The highest BCUT2D eigenvalue weighted by Gasteiger charge is 2.38. The number of rotatable bonds is 5. The van der Waals surface area contributed by atoms with E-state index in [1.807, 2.05) is 13.8 Å². The van der Waals surface area contributed by atoms with Gasteiger partial charge in [-0.25, -0.2) is 9.97 Å².